The lowest BCUT2D eigenvalue weighted by Crippen LogP contribution is -2.47. The van der Waals surface area contributed by atoms with Gasteiger partial charge in [0.1, 0.15) is 0 Å². The average Bonchev–Trinajstić information content (AvgIpc) is 2.91. The van der Waals surface area contributed by atoms with Crippen LogP contribution in [0, 0.1) is 0 Å². The number of nitrogens with one attached hydrogen (secondary N) is 2. The molecule has 136 valence electrons. The highest BCUT2D eigenvalue weighted by Crippen LogP contribution is 2.21. The van der Waals surface area contributed by atoms with Gasteiger partial charge in [-0.1, -0.05) is 12.1 Å². The molecule has 1 fully saturated rings. The smallest absolute Gasteiger partial charge is 0.234 e. The topological polar surface area (TPSA) is 57.3 Å². The van der Waals surface area contributed by atoms with Gasteiger partial charge in [0.15, 0.2) is 0 Å². The number of fused-ring (bicyclic) bond motifs is 1. The van der Waals surface area contributed by atoms with E-state index in [1.54, 1.807) is 11.3 Å². The number of hydrogen-bond donors (Lipinski definition) is 2. The maximum Gasteiger partial charge on any atom is 0.234 e. The van der Waals surface area contributed by atoms with Crippen molar-refractivity contribution in [2.24, 2.45) is 0 Å². The summed E-state index contributed by atoms with van der Waals surface area (Å²) in [6.07, 6.45) is 0.798. The second kappa shape index (κ2) is 11.8. The zero-order chi connectivity index (χ0) is 14.5. The average molecular weight is 414 g/mol. The molecule has 9 heteroatoms. The van der Waals surface area contributed by atoms with Crippen molar-refractivity contribution in [2.75, 3.05) is 39.3 Å². The number of para-hydroxylation sites is 1. The number of carbonyl (C=O) groups excluding carboxylic acids is 1. The summed E-state index contributed by atoms with van der Waals surface area (Å²) < 4.78 is 1.21. The second-order valence-corrected chi connectivity index (χ2v) is 6.32. The molecule has 5 nitrogen and oxygen atoms in total. The molecule has 24 heavy (non-hydrogen) atoms. The van der Waals surface area contributed by atoms with Crippen LogP contribution in [0.3, 0.4) is 0 Å². The van der Waals surface area contributed by atoms with E-state index < -0.39 is 0 Å². The van der Waals surface area contributed by atoms with E-state index in [0.717, 1.165) is 43.1 Å². The van der Waals surface area contributed by atoms with Gasteiger partial charge in [-0.3, -0.25) is 9.69 Å². The zero-order valence-corrected chi connectivity index (χ0v) is 16.5. The highest BCUT2D eigenvalue weighted by Gasteiger charge is 2.13. The highest BCUT2D eigenvalue weighted by molar-refractivity contribution is 7.18. The van der Waals surface area contributed by atoms with Crippen LogP contribution in [0.5, 0.6) is 0 Å². The number of benzene rings is 1. The van der Waals surface area contributed by atoms with Crippen molar-refractivity contribution in [1.82, 2.24) is 20.5 Å². The fourth-order valence-electron chi connectivity index (χ4n) is 2.46. The lowest BCUT2D eigenvalue weighted by Gasteiger charge is -2.26. The molecular formula is C15H23Cl3N4OS. The molecule has 1 aliphatic heterocycles. The summed E-state index contributed by atoms with van der Waals surface area (Å²) in [5.74, 6) is 0.109. The number of carbonyl (C=O) groups is 1. The SMILES string of the molecule is Cl.Cl.Cl.O=C(CN1CCNCC1)NCCc1nc2ccccc2s1. The molecule has 2 aromatic rings. The van der Waals surface area contributed by atoms with Crippen LogP contribution in [0.1, 0.15) is 5.01 Å². The zero-order valence-electron chi connectivity index (χ0n) is 13.2. The number of amides is 1. The molecule has 1 saturated heterocycles. The Morgan fingerprint density at radius 3 is 2.62 bits per heavy atom. The molecule has 1 aromatic heterocycles. The molecule has 0 unspecified atom stereocenters. The minimum atomic E-state index is 0. The fourth-order valence-corrected chi connectivity index (χ4v) is 3.43. The Morgan fingerprint density at radius 2 is 1.92 bits per heavy atom. The minimum Gasteiger partial charge on any atom is -0.355 e. The molecule has 0 radical (unpaired) electrons. The van der Waals surface area contributed by atoms with Crippen LogP contribution >= 0.6 is 48.6 Å². The van der Waals surface area contributed by atoms with Crippen molar-refractivity contribution in [2.45, 2.75) is 6.42 Å². The largest absolute Gasteiger partial charge is 0.355 e. The van der Waals surface area contributed by atoms with Crippen LogP contribution in [-0.2, 0) is 11.2 Å². The molecule has 3 rings (SSSR count). The summed E-state index contributed by atoms with van der Waals surface area (Å²) in [4.78, 5) is 18.6. The molecule has 1 amide bonds. The fraction of sp³-hybridized carbons (Fsp3) is 0.467. The molecule has 2 heterocycles. The van der Waals surface area contributed by atoms with E-state index in [-0.39, 0.29) is 43.1 Å². The maximum absolute atomic E-state index is 11.9. The Bertz CT molecular complexity index is 587. The number of nitrogens with zero attached hydrogens (tertiary/aromatic N) is 2. The third kappa shape index (κ3) is 6.70. The van der Waals surface area contributed by atoms with E-state index in [2.05, 4.69) is 26.6 Å². The van der Waals surface area contributed by atoms with Gasteiger partial charge in [0.05, 0.1) is 21.8 Å². The summed E-state index contributed by atoms with van der Waals surface area (Å²) >= 11 is 1.70. The molecule has 1 aromatic carbocycles. The van der Waals surface area contributed by atoms with Crippen molar-refractivity contribution >= 4 is 64.7 Å². The Kier molecular flexibility index (Phi) is 11.5. The second-order valence-electron chi connectivity index (χ2n) is 5.20. The third-order valence-electron chi connectivity index (χ3n) is 3.58. The first-order chi connectivity index (χ1) is 10.3. The van der Waals surface area contributed by atoms with Crippen molar-refractivity contribution in [3.63, 3.8) is 0 Å². The molecule has 0 spiro atoms. The van der Waals surface area contributed by atoms with Crippen molar-refractivity contribution < 1.29 is 4.79 Å². The van der Waals surface area contributed by atoms with Crippen molar-refractivity contribution in [3.8, 4) is 0 Å². The molecule has 0 atom stereocenters. The van der Waals surface area contributed by atoms with Gasteiger partial charge < -0.3 is 10.6 Å². The van der Waals surface area contributed by atoms with E-state index in [4.69, 9.17) is 0 Å². The molecule has 1 aliphatic rings. The van der Waals surface area contributed by atoms with Gasteiger partial charge >= 0.3 is 0 Å². The summed E-state index contributed by atoms with van der Waals surface area (Å²) in [5, 5.41) is 7.36. The normalized spacial score (nSPS) is 14.2. The van der Waals surface area contributed by atoms with Crippen LogP contribution in [0.15, 0.2) is 24.3 Å². The van der Waals surface area contributed by atoms with Gasteiger partial charge in [-0.2, -0.15) is 0 Å². The van der Waals surface area contributed by atoms with E-state index in [1.807, 2.05) is 18.2 Å². The molecule has 0 aliphatic carbocycles. The van der Waals surface area contributed by atoms with E-state index in [1.165, 1.54) is 4.70 Å². The first-order valence-corrected chi connectivity index (χ1v) is 8.17. The van der Waals surface area contributed by atoms with Gasteiger partial charge in [0.25, 0.3) is 0 Å². The van der Waals surface area contributed by atoms with E-state index >= 15 is 0 Å². The Hall–Kier alpha value is -0.630. The van der Waals surface area contributed by atoms with E-state index in [9.17, 15) is 4.79 Å². The number of hydrogen-bond acceptors (Lipinski definition) is 5. The summed E-state index contributed by atoms with van der Waals surface area (Å²) in [5.41, 5.74) is 1.05. The van der Waals surface area contributed by atoms with Crippen LogP contribution in [0.2, 0.25) is 0 Å². The third-order valence-corrected chi connectivity index (χ3v) is 4.67. The predicted molar refractivity (Wildman–Crippen MR) is 107 cm³/mol. The Morgan fingerprint density at radius 1 is 1.21 bits per heavy atom. The van der Waals surface area contributed by atoms with E-state index in [0.29, 0.717) is 13.1 Å². The summed E-state index contributed by atoms with van der Waals surface area (Å²) in [7, 11) is 0. The molecular weight excluding hydrogens is 391 g/mol. The first-order valence-electron chi connectivity index (χ1n) is 7.35. The quantitative estimate of drug-likeness (QED) is 0.788. The van der Waals surface area contributed by atoms with Crippen molar-refractivity contribution in [1.29, 1.82) is 0 Å². The maximum atomic E-state index is 11.9. The summed E-state index contributed by atoms with van der Waals surface area (Å²) in [6, 6.07) is 8.14. The molecule has 0 bridgehead atoms. The number of thiazole rings is 1. The van der Waals surface area contributed by atoms with Crippen molar-refractivity contribution in [3.05, 3.63) is 29.3 Å². The number of piperazine rings is 1. The first kappa shape index (κ1) is 23.4. The monoisotopic (exact) mass is 412 g/mol. The lowest BCUT2D eigenvalue weighted by atomic mass is 10.3. The Labute approximate surface area is 164 Å². The number of halogens is 3. The van der Waals surface area contributed by atoms with Gasteiger partial charge in [0, 0.05) is 39.1 Å². The van der Waals surface area contributed by atoms with Gasteiger partial charge in [-0.15, -0.1) is 48.6 Å². The predicted octanol–water partition coefficient (Wildman–Crippen LogP) is 2.13. The van der Waals surface area contributed by atoms with Crippen LogP contribution < -0.4 is 10.6 Å². The lowest BCUT2D eigenvalue weighted by molar-refractivity contribution is -0.122. The van der Waals surface area contributed by atoms with Crippen LogP contribution in [0.4, 0.5) is 0 Å². The summed E-state index contributed by atoms with van der Waals surface area (Å²) in [6.45, 7) is 5.00. The number of aromatic nitrogens is 1. The standard InChI is InChI=1S/C15H20N4OS.3ClH/c20-14(11-19-9-7-16-8-10-19)17-6-5-15-18-12-3-1-2-4-13(12)21-15;;;/h1-4,16H,5-11H2,(H,17,20);3*1H. The van der Waals surface area contributed by atoms with Gasteiger partial charge in [-0.05, 0) is 12.1 Å². The number of rotatable bonds is 5. The van der Waals surface area contributed by atoms with Gasteiger partial charge in [0.2, 0.25) is 5.91 Å². The van der Waals surface area contributed by atoms with Crippen LogP contribution in [0.25, 0.3) is 10.2 Å². The van der Waals surface area contributed by atoms with Crippen LogP contribution in [-0.4, -0.2) is 55.1 Å². The molecule has 2 N–H and O–H groups in total. The van der Waals surface area contributed by atoms with Gasteiger partial charge in [-0.25, -0.2) is 4.98 Å². The minimum absolute atomic E-state index is 0. The highest BCUT2D eigenvalue weighted by atomic mass is 35.5. The Balaban J connectivity index is 0.00000176. The molecule has 0 saturated carbocycles.